The summed E-state index contributed by atoms with van der Waals surface area (Å²) in [5.74, 6) is 0. The van der Waals surface area contributed by atoms with E-state index in [1.165, 1.54) is 13.8 Å². The van der Waals surface area contributed by atoms with E-state index in [-0.39, 0.29) is 0 Å². The van der Waals surface area contributed by atoms with Crippen LogP contribution in [0.15, 0.2) is 0 Å². The standard InChI is InChI=1S/C4H9FO3S/c1-4(2)8-9(6,7)3-5/h4H,3H2,1-2H3. The smallest absolute Gasteiger partial charge is 0.265 e. The average Bonchev–Trinajstić information content (AvgIpc) is 1.63. The lowest BCUT2D eigenvalue weighted by atomic mass is 10.5. The van der Waals surface area contributed by atoms with Gasteiger partial charge in [-0.05, 0) is 13.8 Å². The van der Waals surface area contributed by atoms with Gasteiger partial charge in [0, 0.05) is 0 Å². The monoisotopic (exact) mass is 156 g/mol. The molecule has 0 aromatic carbocycles. The summed E-state index contributed by atoms with van der Waals surface area (Å²) >= 11 is 0. The molecule has 56 valence electrons. The van der Waals surface area contributed by atoms with Crippen molar-refractivity contribution in [2.45, 2.75) is 20.0 Å². The molecular weight excluding hydrogens is 147 g/mol. The third-order valence-electron chi connectivity index (χ3n) is 0.473. The molecule has 0 amide bonds. The molecule has 0 rings (SSSR count). The van der Waals surface area contributed by atoms with Crippen molar-refractivity contribution < 1.29 is 17.0 Å². The molecule has 0 radical (unpaired) electrons. The molecular formula is C4H9FO3S. The molecule has 0 unspecified atom stereocenters. The zero-order valence-electron chi connectivity index (χ0n) is 5.30. The highest BCUT2D eigenvalue weighted by atomic mass is 32.2. The first kappa shape index (κ1) is 8.84. The van der Waals surface area contributed by atoms with Crippen molar-refractivity contribution in [3.63, 3.8) is 0 Å². The molecule has 0 atom stereocenters. The summed E-state index contributed by atoms with van der Waals surface area (Å²) in [5.41, 5.74) is 0. The van der Waals surface area contributed by atoms with Crippen molar-refractivity contribution in [1.29, 1.82) is 0 Å². The molecule has 0 heterocycles. The van der Waals surface area contributed by atoms with E-state index < -0.39 is 22.2 Å². The average molecular weight is 156 g/mol. The maximum absolute atomic E-state index is 11.4. The molecule has 9 heavy (non-hydrogen) atoms. The second kappa shape index (κ2) is 3.12. The van der Waals surface area contributed by atoms with Crippen LogP contribution in [0.3, 0.4) is 0 Å². The second-order valence-electron chi connectivity index (χ2n) is 1.81. The fraction of sp³-hybridized carbons (Fsp3) is 1.00. The van der Waals surface area contributed by atoms with Crippen LogP contribution in [0.4, 0.5) is 4.39 Å². The van der Waals surface area contributed by atoms with E-state index in [1.807, 2.05) is 0 Å². The molecule has 0 aliphatic carbocycles. The number of rotatable bonds is 3. The van der Waals surface area contributed by atoms with Gasteiger partial charge in [0.25, 0.3) is 10.1 Å². The van der Waals surface area contributed by atoms with Crippen LogP contribution in [-0.4, -0.2) is 20.5 Å². The Hall–Kier alpha value is -0.160. The van der Waals surface area contributed by atoms with Crippen molar-refractivity contribution in [3.8, 4) is 0 Å². The molecule has 0 N–H and O–H groups in total. The van der Waals surface area contributed by atoms with Gasteiger partial charge >= 0.3 is 0 Å². The molecule has 0 saturated heterocycles. The Labute approximate surface area is 53.9 Å². The maximum atomic E-state index is 11.4. The van der Waals surface area contributed by atoms with Gasteiger partial charge in [-0.3, -0.25) is 4.18 Å². The predicted octanol–water partition coefficient (Wildman–Crippen LogP) is 0.668. The zero-order chi connectivity index (χ0) is 7.49. The molecule has 0 aliphatic heterocycles. The fourth-order valence-corrected chi connectivity index (χ4v) is 0.957. The lowest BCUT2D eigenvalue weighted by Gasteiger charge is -2.02. The lowest BCUT2D eigenvalue weighted by Crippen LogP contribution is -2.12. The van der Waals surface area contributed by atoms with Crippen LogP contribution >= 0.6 is 0 Å². The molecule has 0 aliphatic rings. The highest BCUT2D eigenvalue weighted by Crippen LogP contribution is 1.98. The molecule has 0 aromatic rings. The Morgan fingerprint density at radius 2 is 2.00 bits per heavy atom. The molecule has 0 fully saturated rings. The summed E-state index contributed by atoms with van der Waals surface area (Å²) < 4.78 is 36.0. The van der Waals surface area contributed by atoms with Gasteiger partial charge in [-0.25, -0.2) is 4.39 Å². The number of alkyl halides is 1. The van der Waals surface area contributed by atoms with Crippen LogP contribution in [0.1, 0.15) is 13.8 Å². The topological polar surface area (TPSA) is 43.4 Å². The van der Waals surface area contributed by atoms with E-state index in [0.717, 1.165) is 0 Å². The van der Waals surface area contributed by atoms with Crippen molar-refractivity contribution in [2.24, 2.45) is 0 Å². The SMILES string of the molecule is CC(C)OS(=O)(=O)CF. The van der Waals surface area contributed by atoms with Crippen LogP contribution in [0.5, 0.6) is 0 Å². The van der Waals surface area contributed by atoms with Crippen molar-refractivity contribution >= 4 is 10.1 Å². The van der Waals surface area contributed by atoms with Crippen molar-refractivity contribution in [3.05, 3.63) is 0 Å². The van der Waals surface area contributed by atoms with Gasteiger partial charge in [-0.1, -0.05) is 0 Å². The van der Waals surface area contributed by atoms with Crippen LogP contribution in [-0.2, 0) is 14.3 Å². The third kappa shape index (κ3) is 4.35. The van der Waals surface area contributed by atoms with E-state index in [0.29, 0.717) is 0 Å². The van der Waals surface area contributed by atoms with E-state index in [2.05, 4.69) is 4.18 Å². The predicted molar refractivity (Wildman–Crippen MR) is 31.1 cm³/mol. The van der Waals surface area contributed by atoms with E-state index in [9.17, 15) is 12.8 Å². The third-order valence-corrected chi connectivity index (χ3v) is 1.42. The Balaban J connectivity index is 3.90. The number of hydrogen-bond donors (Lipinski definition) is 0. The van der Waals surface area contributed by atoms with Gasteiger partial charge < -0.3 is 0 Å². The minimum absolute atomic E-state index is 0.481. The van der Waals surface area contributed by atoms with E-state index >= 15 is 0 Å². The van der Waals surface area contributed by atoms with Gasteiger partial charge in [-0.2, -0.15) is 8.42 Å². The first-order valence-corrected chi connectivity index (χ1v) is 4.02. The number of halogens is 1. The van der Waals surface area contributed by atoms with Crippen LogP contribution in [0.2, 0.25) is 0 Å². The zero-order valence-corrected chi connectivity index (χ0v) is 6.11. The summed E-state index contributed by atoms with van der Waals surface area (Å²) in [6.07, 6.45) is -0.481. The van der Waals surface area contributed by atoms with Crippen LogP contribution < -0.4 is 0 Å². The van der Waals surface area contributed by atoms with E-state index in [4.69, 9.17) is 0 Å². The van der Waals surface area contributed by atoms with Crippen molar-refractivity contribution in [1.82, 2.24) is 0 Å². The maximum Gasteiger partial charge on any atom is 0.297 e. The Bertz CT molecular complexity index is 161. The Kier molecular flexibility index (Phi) is 3.07. The quantitative estimate of drug-likeness (QED) is 0.564. The van der Waals surface area contributed by atoms with Gasteiger partial charge in [0.05, 0.1) is 6.10 Å². The highest BCUT2D eigenvalue weighted by molar-refractivity contribution is 7.86. The van der Waals surface area contributed by atoms with Crippen molar-refractivity contribution in [2.75, 3.05) is 6.01 Å². The largest absolute Gasteiger partial charge is 0.297 e. The Morgan fingerprint density at radius 1 is 1.56 bits per heavy atom. The molecule has 0 bridgehead atoms. The first-order valence-electron chi connectivity index (χ1n) is 2.45. The van der Waals surface area contributed by atoms with Gasteiger partial charge in [0.15, 0.2) is 0 Å². The fourth-order valence-electron chi connectivity index (χ4n) is 0.319. The summed E-state index contributed by atoms with van der Waals surface area (Å²) in [4.78, 5) is 0. The lowest BCUT2D eigenvalue weighted by molar-refractivity contribution is 0.243. The summed E-state index contributed by atoms with van der Waals surface area (Å²) in [7, 11) is -3.89. The summed E-state index contributed by atoms with van der Waals surface area (Å²) in [6, 6.07) is -1.45. The minimum atomic E-state index is -3.89. The van der Waals surface area contributed by atoms with Crippen LogP contribution in [0.25, 0.3) is 0 Å². The number of hydrogen-bond acceptors (Lipinski definition) is 3. The molecule has 5 heteroatoms. The molecule has 0 aromatic heterocycles. The second-order valence-corrected chi connectivity index (χ2v) is 3.34. The normalized spacial score (nSPS) is 12.4. The molecule has 3 nitrogen and oxygen atoms in total. The molecule has 0 saturated carbocycles. The molecule has 0 spiro atoms. The summed E-state index contributed by atoms with van der Waals surface area (Å²) in [6.45, 7) is 3.04. The Morgan fingerprint density at radius 3 is 2.11 bits per heavy atom. The van der Waals surface area contributed by atoms with Crippen LogP contribution in [0, 0.1) is 0 Å². The highest BCUT2D eigenvalue weighted by Gasteiger charge is 2.11. The minimum Gasteiger partial charge on any atom is -0.265 e. The van der Waals surface area contributed by atoms with Gasteiger partial charge in [0.2, 0.25) is 6.01 Å². The first-order chi connectivity index (χ1) is 3.98. The van der Waals surface area contributed by atoms with E-state index in [1.54, 1.807) is 0 Å². The van der Waals surface area contributed by atoms with Gasteiger partial charge in [-0.15, -0.1) is 0 Å². The van der Waals surface area contributed by atoms with Gasteiger partial charge in [0.1, 0.15) is 0 Å². The summed E-state index contributed by atoms with van der Waals surface area (Å²) in [5, 5.41) is 0.